The Balaban J connectivity index is 1.84. The third-order valence-electron chi connectivity index (χ3n) is 2.61. The summed E-state index contributed by atoms with van der Waals surface area (Å²) in [5, 5.41) is 20.3. The second-order valence-corrected chi connectivity index (χ2v) is 5.44. The van der Waals surface area contributed by atoms with E-state index < -0.39 is 0 Å². The van der Waals surface area contributed by atoms with Crippen LogP contribution in [0.2, 0.25) is 0 Å². The van der Waals surface area contributed by atoms with Crippen LogP contribution in [-0.4, -0.2) is 30.4 Å². The van der Waals surface area contributed by atoms with Gasteiger partial charge in [0.15, 0.2) is 0 Å². The molecule has 0 bridgehead atoms. The number of aromatic nitrogens is 6. The predicted octanol–water partition coefficient (Wildman–Crippen LogP) is 2.21. The molecular formula is C12H12N6OS. The fourth-order valence-electron chi connectivity index (χ4n) is 1.67. The minimum atomic E-state index is -0.0235. The first kappa shape index (κ1) is 12.8. The van der Waals surface area contributed by atoms with E-state index in [0.717, 1.165) is 5.69 Å². The molecule has 102 valence electrons. The zero-order valence-corrected chi connectivity index (χ0v) is 11.8. The van der Waals surface area contributed by atoms with E-state index in [9.17, 15) is 0 Å². The monoisotopic (exact) mass is 288 g/mol. The van der Waals surface area contributed by atoms with Gasteiger partial charge in [0.05, 0.1) is 10.9 Å². The molecule has 0 radical (unpaired) electrons. The Morgan fingerprint density at radius 2 is 1.95 bits per heavy atom. The zero-order valence-electron chi connectivity index (χ0n) is 11.0. The van der Waals surface area contributed by atoms with Crippen LogP contribution in [-0.2, 0) is 0 Å². The molecule has 8 heteroatoms. The van der Waals surface area contributed by atoms with E-state index in [-0.39, 0.29) is 5.25 Å². The molecule has 0 aliphatic carbocycles. The number of aryl methyl sites for hydroxylation is 1. The van der Waals surface area contributed by atoms with Crippen LogP contribution < -0.4 is 0 Å². The van der Waals surface area contributed by atoms with Gasteiger partial charge >= 0.3 is 0 Å². The molecule has 0 spiro atoms. The third-order valence-corrected chi connectivity index (χ3v) is 3.63. The van der Waals surface area contributed by atoms with Crippen molar-refractivity contribution in [2.24, 2.45) is 0 Å². The molecule has 1 atom stereocenters. The lowest BCUT2D eigenvalue weighted by Gasteiger charge is -2.06. The van der Waals surface area contributed by atoms with Crippen LogP contribution in [0.4, 0.5) is 0 Å². The van der Waals surface area contributed by atoms with Gasteiger partial charge in [-0.15, -0.1) is 15.3 Å². The van der Waals surface area contributed by atoms with Crippen molar-refractivity contribution in [1.82, 2.24) is 30.4 Å². The summed E-state index contributed by atoms with van der Waals surface area (Å²) in [6.07, 6.45) is 0. The van der Waals surface area contributed by atoms with Crippen molar-refractivity contribution < 1.29 is 4.42 Å². The molecule has 0 saturated heterocycles. The smallest absolute Gasteiger partial charge is 0.229 e. The Morgan fingerprint density at radius 1 is 1.15 bits per heavy atom. The van der Waals surface area contributed by atoms with Crippen molar-refractivity contribution in [3.8, 4) is 5.69 Å². The summed E-state index contributed by atoms with van der Waals surface area (Å²) in [6.45, 7) is 3.74. The zero-order chi connectivity index (χ0) is 13.9. The number of hydrogen-bond acceptors (Lipinski definition) is 7. The SMILES string of the molecule is Cc1nnc(C(C)Sc2nnnn2-c2ccccc2)o1. The highest BCUT2D eigenvalue weighted by molar-refractivity contribution is 7.99. The maximum atomic E-state index is 5.42. The molecule has 1 unspecified atom stereocenters. The first-order valence-corrected chi connectivity index (χ1v) is 6.92. The van der Waals surface area contributed by atoms with Crippen molar-refractivity contribution in [3.63, 3.8) is 0 Å². The van der Waals surface area contributed by atoms with E-state index in [1.54, 1.807) is 11.6 Å². The van der Waals surface area contributed by atoms with Crippen LogP contribution in [0.3, 0.4) is 0 Å². The van der Waals surface area contributed by atoms with Gasteiger partial charge in [0.25, 0.3) is 0 Å². The number of para-hydroxylation sites is 1. The largest absolute Gasteiger partial charge is 0.424 e. The van der Waals surface area contributed by atoms with Crippen molar-refractivity contribution in [2.45, 2.75) is 24.3 Å². The van der Waals surface area contributed by atoms with E-state index in [2.05, 4.69) is 25.7 Å². The molecule has 0 aliphatic rings. The van der Waals surface area contributed by atoms with Crippen molar-refractivity contribution >= 4 is 11.8 Å². The number of thioether (sulfide) groups is 1. The third kappa shape index (κ3) is 2.55. The van der Waals surface area contributed by atoms with Gasteiger partial charge in [-0.05, 0) is 29.5 Å². The minimum Gasteiger partial charge on any atom is -0.424 e. The molecule has 20 heavy (non-hydrogen) atoms. The maximum absolute atomic E-state index is 5.42. The highest BCUT2D eigenvalue weighted by atomic mass is 32.2. The molecule has 0 aliphatic heterocycles. The summed E-state index contributed by atoms with van der Waals surface area (Å²) in [6, 6.07) is 9.72. The number of tetrazole rings is 1. The molecule has 3 rings (SSSR count). The average molecular weight is 288 g/mol. The van der Waals surface area contributed by atoms with E-state index >= 15 is 0 Å². The van der Waals surface area contributed by atoms with Crippen molar-refractivity contribution in [1.29, 1.82) is 0 Å². The van der Waals surface area contributed by atoms with Gasteiger partial charge in [-0.2, -0.15) is 4.68 Å². The fourth-order valence-corrected chi connectivity index (χ4v) is 2.51. The van der Waals surface area contributed by atoms with Crippen LogP contribution >= 0.6 is 11.8 Å². The Bertz CT molecular complexity index is 695. The summed E-state index contributed by atoms with van der Waals surface area (Å²) in [5.41, 5.74) is 0.911. The van der Waals surface area contributed by atoms with Gasteiger partial charge in [0, 0.05) is 6.92 Å². The van der Waals surface area contributed by atoms with E-state index in [1.807, 2.05) is 37.3 Å². The van der Waals surface area contributed by atoms with Crippen LogP contribution in [0.25, 0.3) is 5.69 Å². The van der Waals surface area contributed by atoms with Gasteiger partial charge in [0.1, 0.15) is 0 Å². The number of hydrogen-bond donors (Lipinski definition) is 0. The van der Waals surface area contributed by atoms with Crippen LogP contribution in [0.1, 0.15) is 24.0 Å². The molecule has 1 aromatic carbocycles. The average Bonchev–Trinajstić information content (AvgIpc) is 3.09. The summed E-state index contributed by atoms with van der Waals surface area (Å²) in [7, 11) is 0. The molecule has 2 aromatic heterocycles. The maximum Gasteiger partial charge on any atom is 0.229 e. The topological polar surface area (TPSA) is 82.5 Å². The van der Waals surface area contributed by atoms with Gasteiger partial charge in [-0.3, -0.25) is 0 Å². The molecule has 0 N–H and O–H groups in total. The van der Waals surface area contributed by atoms with Gasteiger partial charge in [-0.25, -0.2) is 0 Å². The quantitative estimate of drug-likeness (QED) is 0.680. The molecular weight excluding hydrogens is 276 g/mol. The summed E-state index contributed by atoms with van der Waals surface area (Å²) in [5.74, 6) is 1.12. The number of nitrogens with zero attached hydrogens (tertiary/aromatic N) is 6. The fraction of sp³-hybridized carbons (Fsp3) is 0.250. The standard InChI is InChI=1S/C12H12N6OS/c1-8(11-14-13-9(2)19-11)20-12-15-16-17-18(12)10-6-4-3-5-7-10/h3-8H,1-2H3. The summed E-state index contributed by atoms with van der Waals surface area (Å²) >= 11 is 1.47. The Kier molecular flexibility index (Phi) is 3.46. The molecule has 0 amide bonds. The Hall–Kier alpha value is -2.22. The second-order valence-electron chi connectivity index (χ2n) is 4.13. The summed E-state index contributed by atoms with van der Waals surface area (Å²) < 4.78 is 7.10. The number of rotatable bonds is 4. The summed E-state index contributed by atoms with van der Waals surface area (Å²) in [4.78, 5) is 0. The lowest BCUT2D eigenvalue weighted by Crippen LogP contribution is -2.00. The lowest BCUT2D eigenvalue weighted by atomic mass is 10.3. The van der Waals surface area contributed by atoms with E-state index in [0.29, 0.717) is 16.9 Å². The van der Waals surface area contributed by atoms with Crippen LogP contribution in [0.5, 0.6) is 0 Å². The van der Waals surface area contributed by atoms with Gasteiger partial charge in [-0.1, -0.05) is 30.0 Å². The number of benzene rings is 1. The van der Waals surface area contributed by atoms with Crippen LogP contribution in [0, 0.1) is 6.92 Å². The minimum absolute atomic E-state index is 0.0235. The molecule has 7 nitrogen and oxygen atoms in total. The molecule has 2 heterocycles. The molecule has 0 fully saturated rings. The highest BCUT2D eigenvalue weighted by Crippen LogP contribution is 2.33. The molecule has 0 saturated carbocycles. The Labute approximate surface area is 119 Å². The van der Waals surface area contributed by atoms with Gasteiger partial charge < -0.3 is 4.42 Å². The Morgan fingerprint density at radius 3 is 2.65 bits per heavy atom. The first-order valence-electron chi connectivity index (χ1n) is 6.04. The molecule has 3 aromatic rings. The predicted molar refractivity (Wildman–Crippen MR) is 72.5 cm³/mol. The van der Waals surface area contributed by atoms with Crippen LogP contribution in [0.15, 0.2) is 39.9 Å². The normalized spacial score (nSPS) is 12.5. The van der Waals surface area contributed by atoms with E-state index in [1.165, 1.54) is 11.8 Å². The lowest BCUT2D eigenvalue weighted by molar-refractivity contribution is 0.470. The second kappa shape index (κ2) is 5.41. The van der Waals surface area contributed by atoms with Crippen molar-refractivity contribution in [3.05, 3.63) is 42.1 Å². The van der Waals surface area contributed by atoms with Gasteiger partial charge in [0.2, 0.25) is 16.9 Å². The highest BCUT2D eigenvalue weighted by Gasteiger charge is 2.18. The van der Waals surface area contributed by atoms with E-state index in [4.69, 9.17) is 4.42 Å². The first-order chi connectivity index (χ1) is 9.74. The van der Waals surface area contributed by atoms with Crippen molar-refractivity contribution in [2.75, 3.05) is 0 Å².